The quantitative estimate of drug-likeness (QED) is 0.359. The van der Waals surface area contributed by atoms with Crippen molar-refractivity contribution in [1.82, 2.24) is 15.0 Å². The van der Waals surface area contributed by atoms with Crippen LogP contribution in [0.5, 0.6) is 0 Å². The first-order valence-corrected chi connectivity index (χ1v) is 3.02. The second kappa shape index (κ2) is 2.17. The zero-order valence-corrected chi connectivity index (χ0v) is 5.57. The number of fused-ring (bicyclic) bond motifs is 1. The average Bonchev–Trinajstić information content (AvgIpc) is 2.50. The van der Waals surface area contributed by atoms with Crippen LogP contribution in [0.4, 0.5) is 17.3 Å². The van der Waals surface area contributed by atoms with Crippen LogP contribution in [0.15, 0.2) is 6.33 Å². The van der Waals surface area contributed by atoms with Crippen LogP contribution in [-0.4, -0.2) is 16.3 Å². The van der Waals surface area contributed by atoms with Gasteiger partial charge in [0, 0.05) is 0 Å². The maximum absolute atomic E-state index is 5.19. The molecule has 0 bridgehead atoms. The Balaban J connectivity index is 2.55. The number of anilines is 2. The summed E-state index contributed by atoms with van der Waals surface area (Å²) in [6.07, 6.45) is 2.94. The van der Waals surface area contributed by atoms with Crippen molar-refractivity contribution < 1.29 is 0 Å². The summed E-state index contributed by atoms with van der Waals surface area (Å²) in [6, 6.07) is 0. The van der Waals surface area contributed by atoms with Crippen molar-refractivity contribution in [3.05, 3.63) is 6.33 Å². The SMILES string of the molecule is NNc1ncnc2c1NC=[N+]2. The molecule has 0 spiro atoms. The Morgan fingerprint density at radius 2 is 2.45 bits per heavy atom. The summed E-state index contributed by atoms with van der Waals surface area (Å²) in [4.78, 5) is 11.7. The van der Waals surface area contributed by atoms with Crippen LogP contribution >= 0.6 is 0 Å². The van der Waals surface area contributed by atoms with Gasteiger partial charge in [-0.25, -0.2) is 5.84 Å². The summed E-state index contributed by atoms with van der Waals surface area (Å²) in [5.41, 5.74) is 3.15. The van der Waals surface area contributed by atoms with Crippen molar-refractivity contribution in [2.75, 3.05) is 10.7 Å². The van der Waals surface area contributed by atoms with Gasteiger partial charge in [0.25, 0.3) is 0 Å². The summed E-state index contributed by atoms with van der Waals surface area (Å²) in [7, 11) is 0. The number of hydrogen-bond acceptors (Lipinski definition) is 6. The lowest BCUT2D eigenvalue weighted by Crippen LogP contribution is -2.10. The van der Waals surface area contributed by atoms with E-state index < -0.39 is 0 Å². The third-order valence-corrected chi connectivity index (χ3v) is 1.36. The molecule has 0 fully saturated rings. The van der Waals surface area contributed by atoms with Gasteiger partial charge in [0.1, 0.15) is 0 Å². The topological polar surface area (TPSA) is 90.0 Å². The predicted octanol–water partition coefficient (Wildman–Crippen LogP) is -0.817. The number of nitrogens with one attached hydrogen (secondary N) is 2. The normalized spacial score (nSPS) is 12.5. The number of nitrogens with zero attached hydrogens (tertiary/aromatic N) is 3. The van der Waals surface area contributed by atoms with E-state index in [4.69, 9.17) is 5.84 Å². The Morgan fingerprint density at radius 3 is 3.27 bits per heavy atom. The number of aromatic nitrogens is 2. The standard InChI is InChI=1S/C5H6N6/c6-11-5-3-4(8-1-7-3)9-2-10-5/h1-2,7H,6H2,(H,9,10,11)/q+1. The van der Waals surface area contributed by atoms with E-state index in [0.717, 1.165) is 5.69 Å². The molecule has 1 aliphatic rings. The van der Waals surface area contributed by atoms with Gasteiger partial charge in [-0.2, -0.15) is 4.98 Å². The fourth-order valence-corrected chi connectivity index (χ4v) is 0.874. The summed E-state index contributed by atoms with van der Waals surface area (Å²) >= 11 is 0. The number of nitrogens with two attached hydrogens (primary N) is 1. The molecule has 0 atom stereocenters. The molecule has 55 valence electrons. The molecule has 1 aliphatic heterocycles. The van der Waals surface area contributed by atoms with Gasteiger partial charge in [0.2, 0.25) is 12.0 Å². The fourth-order valence-electron chi connectivity index (χ4n) is 0.874. The van der Waals surface area contributed by atoms with E-state index in [-0.39, 0.29) is 0 Å². The smallest absolute Gasteiger partial charge is 0.305 e. The average molecular weight is 150 g/mol. The van der Waals surface area contributed by atoms with Crippen molar-refractivity contribution in [2.45, 2.75) is 0 Å². The Hall–Kier alpha value is -1.69. The molecule has 0 saturated heterocycles. The molecular formula is C5H6N6+. The highest BCUT2D eigenvalue weighted by Crippen LogP contribution is 2.25. The van der Waals surface area contributed by atoms with Gasteiger partial charge in [-0.15, -0.1) is 0 Å². The van der Waals surface area contributed by atoms with Crippen molar-refractivity contribution in [3.8, 4) is 0 Å². The van der Waals surface area contributed by atoms with Gasteiger partial charge < -0.3 is 5.43 Å². The maximum Gasteiger partial charge on any atom is 0.341 e. The summed E-state index contributed by atoms with van der Waals surface area (Å²) in [5, 5.41) is 2.86. The van der Waals surface area contributed by atoms with Crippen LogP contribution in [-0.2, 0) is 0 Å². The van der Waals surface area contributed by atoms with Crippen LogP contribution in [0.1, 0.15) is 0 Å². The van der Waals surface area contributed by atoms with E-state index in [1.54, 1.807) is 6.34 Å². The molecule has 4 N–H and O–H groups in total. The predicted molar refractivity (Wildman–Crippen MR) is 41.3 cm³/mol. The van der Waals surface area contributed by atoms with Crippen LogP contribution in [0.2, 0.25) is 0 Å². The molecule has 2 rings (SSSR count). The number of hydrogen-bond donors (Lipinski definition) is 3. The minimum absolute atomic E-state index is 0.549. The first-order valence-electron chi connectivity index (χ1n) is 3.02. The minimum Gasteiger partial charge on any atom is -0.305 e. The Labute approximate surface area is 62.5 Å². The third kappa shape index (κ3) is 0.802. The highest BCUT2D eigenvalue weighted by molar-refractivity contribution is 5.92. The second-order valence-electron chi connectivity index (χ2n) is 1.97. The van der Waals surface area contributed by atoms with Gasteiger partial charge >= 0.3 is 5.82 Å². The minimum atomic E-state index is 0.549. The molecule has 0 unspecified atom stereocenters. The maximum atomic E-state index is 5.19. The van der Waals surface area contributed by atoms with Gasteiger partial charge in [-0.3, -0.25) is 5.32 Å². The summed E-state index contributed by atoms with van der Waals surface area (Å²) < 4.78 is 0. The van der Waals surface area contributed by atoms with Crippen molar-refractivity contribution in [3.63, 3.8) is 0 Å². The molecule has 6 heteroatoms. The molecular weight excluding hydrogens is 144 g/mol. The van der Waals surface area contributed by atoms with Gasteiger partial charge in [0.15, 0.2) is 12.1 Å². The molecule has 2 heterocycles. The number of rotatable bonds is 1. The van der Waals surface area contributed by atoms with E-state index in [0.29, 0.717) is 11.6 Å². The molecule has 6 nitrogen and oxygen atoms in total. The molecule has 0 amide bonds. The monoisotopic (exact) mass is 150 g/mol. The molecule has 11 heavy (non-hydrogen) atoms. The Morgan fingerprint density at radius 1 is 1.55 bits per heavy atom. The van der Waals surface area contributed by atoms with E-state index >= 15 is 0 Å². The zero-order chi connectivity index (χ0) is 7.68. The lowest BCUT2D eigenvalue weighted by atomic mass is 10.4. The fraction of sp³-hybridized carbons (Fsp3) is 0. The van der Waals surface area contributed by atoms with Gasteiger partial charge in [-0.1, -0.05) is 9.98 Å². The van der Waals surface area contributed by atoms with E-state index in [1.807, 2.05) is 0 Å². The number of aliphatic imine (C=N–C) groups is 1. The Kier molecular flexibility index (Phi) is 1.19. The molecule has 0 saturated carbocycles. The van der Waals surface area contributed by atoms with Crippen LogP contribution in [0.25, 0.3) is 0 Å². The molecule has 1 radical (unpaired) electrons. The zero-order valence-electron chi connectivity index (χ0n) is 5.57. The number of hydrazine groups is 1. The van der Waals surface area contributed by atoms with E-state index in [2.05, 4.69) is 25.7 Å². The van der Waals surface area contributed by atoms with Crippen molar-refractivity contribution >= 4 is 23.7 Å². The van der Waals surface area contributed by atoms with Crippen LogP contribution < -0.4 is 21.6 Å². The second-order valence-corrected chi connectivity index (χ2v) is 1.97. The summed E-state index contributed by atoms with van der Waals surface area (Å²) in [6.45, 7) is 0. The number of nitrogen functional groups attached to an aromatic ring is 1. The molecule has 0 aliphatic carbocycles. The summed E-state index contributed by atoms with van der Waals surface area (Å²) in [5.74, 6) is 6.34. The largest absolute Gasteiger partial charge is 0.341 e. The lowest BCUT2D eigenvalue weighted by molar-refractivity contribution is 1.12. The third-order valence-electron chi connectivity index (χ3n) is 1.36. The highest BCUT2D eigenvalue weighted by Gasteiger charge is 2.21. The first-order chi connectivity index (χ1) is 5.42. The molecule has 0 aromatic carbocycles. The van der Waals surface area contributed by atoms with Crippen molar-refractivity contribution in [1.29, 1.82) is 0 Å². The lowest BCUT2D eigenvalue weighted by Gasteiger charge is -1.97. The van der Waals surface area contributed by atoms with Gasteiger partial charge in [0.05, 0.1) is 0 Å². The first kappa shape index (κ1) is 6.05. The van der Waals surface area contributed by atoms with Gasteiger partial charge in [-0.05, 0) is 0 Å². The Bertz CT molecular complexity index is 306. The highest BCUT2D eigenvalue weighted by atomic mass is 15.3. The van der Waals surface area contributed by atoms with Crippen LogP contribution in [0, 0.1) is 0 Å². The molecule has 1 aromatic rings. The van der Waals surface area contributed by atoms with E-state index in [1.165, 1.54) is 6.33 Å². The van der Waals surface area contributed by atoms with Crippen molar-refractivity contribution in [2.24, 2.45) is 5.84 Å². The van der Waals surface area contributed by atoms with Crippen LogP contribution in [0.3, 0.4) is 0 Å². The molecule has 1 aromatic heterocycles. The van der Waals surface area contributed by atoms with E-state index in [9.17, 15) is 0 Å².